The van der Waals surface area contributed by atoms with Gasteiger partial charge in [0.2, 0.25) is 0 Å². The molecular formula is C21H21N3O2S. The number of amides is 1. The SMILES string of the molecule is Cc1cccc(N=c2scc(-c3ccc4c(c3)NC(=O)CO4)n2C(C)C)c1. The minimum atomic E-state index is -0.128. The molecule has 0 fully saturated rings. The summed E-state index contributed by atoms with van der Waals surface area (Å²) in [7, 11) is 0. The molecule has 0 spiro atoms. The molecular weight excluding hydrogens is 358 g/mol. The van der Waals surface area contributed by atoms with Crippen molar-refractivity contribution in [2.45, 2.75) is 26.8 Å². The second-order valence-corrected chi connectivity index (χ2v) is 7.70. The topological polar surface area (TPSA) is 55.6 Å². The van der Waals surface area contributed by atoms with Crippen LogP contribution in [0.2, 0.25) is 0 Å². The van der Waals surface area contributed by atoms with Crippen LogP contribution in [0.5, 0.6) is 5.75 Å². The van der Waals surface area contributed by atoms with E-state index >= 15 is 0 Å². The number of carbonyl (C=O) groups excluding carboxylic acids is 1. The molecule has 4 rings (SSSR count). The Morgan fingerprint density at radius 3 is 2.85 bits per heavy atom. The predicted molar refractivity (Wildman–Crippen MR) is 109 cm³/mol. The van der Waals surface area contributed by atoms with E-state index in [4.69, 9.17) is 9.73 Å². The first-order chi connectivity index (χ1) is 13.0. The summed E-state index contributed by atoms with van der Waals surface area (Å²) in [6.45, 7) is 6.43. The molecule has 0 atom stereocenters. The molecule has 1 aromatic heterocycles. The lowest BCUT2D eigenvalue weighted by molar-refractivity contribution is -0.118. The number of nitrogens with one attached hydrogen (secondary N) is 1. The van der Waals surface area contributed by atoms with Gasteiger partial charge >= 0.3 is 0 Å². The molecule has 2 heterocycles. The van der Waals surface area contributed by atoms with Crippen molar-refractivity contribution in [2.75, 3.05) is 11.9 Å². The van der Waals surface area contributed by atoms with E-state index in [1.54, 1.807) is 11.3 Å². The third-order valence-electron chi connectivity index (χ3n) is 4.39. The molecule has 1 aliphatic heterocycles. The monoisotopic (exact) mass is 379 g/mol. The van der Waals surface area contributed by atoms with E-state index in [1.807, 2.05) is 30.3 Å². The second-order valence-electron chi connectivity index (χ2n) is 6.87. The quantitative estimate of drug-likeness (QED) is 0.719. The predicted octanol–water partition coefficient (Wildman–Crippen LogP) is 4.67. The van der Waals surface area contributed by atoms with E-state index in [-0.39, 0.29) is 18.6 Å². The summed E-state index contributed by atoms with van der Waals surface area (Å²) in [6.07, 6.45) is 0. The van der Waals surface area contributed by atoms with Gasteiger partial charge in [0.1, 0.15) is 5.75 Å². The van der Waals surface area contributed by atoms with Gasteiger partial charge < -0.3 is 14.6 Å². The van der Waals surface area contributed by atoms with Gasteiger partial charge in [0, 0.05) is 17.0 Å². The van der Waals surface area contributed by atoms with Gasteiger partial charge in [-0.2, -0.15) is 0 Å². The average molecular weight is 379 g/mol. The molecule has 0 radical (unpaired) electrons. The van der Waals surface area contributed by atoms with Gasteiger partial charge in [-0.3, -0.25) is 4.79 Å². The molecule has 0 saturated heterocycles. The lowest BCUT2D eigenvalue weighted by Crippen LogP contribution is -2.25. The molecule has 5 nitrogen and oxygen atoms in total. The summed E-state index contributed by atoms with van der Waals surface area (Å²) in [4.78, 5) is 17.4. The standard InChI is InChI=1S/C21H21N3O2S/c1-13(2)24-18(12-27-21(24)22-16-6-4-5-14(3)9-16)15-7-8-19-17(10-15)23-20(25)11-26-19/h4-10,12-13H,11H2,1-3H3,(H,23,25). The van der Waals surface area contributed by atoms with Crippen molar-refractivity contribution < 1.29 is 9.53 Å². The number of carbonyl (C=O) groups is 1. The molecule has 3 aromatic rings. The fraction of sp³-hybridized carbons (Fsp3) is 0.238. The minimum Gasteiger partial charge on any atom is -0.482 e. The van der Waals surface area contributed by atoms with Crippen LogP contribution in [-0.2, 0) is 4.79 Å². The Hall–Kier alpha value is -2.86. The molecule has 1 aliphatic rings. The van der Waals surface area contributed by atoms with Crippen molar-refractivity contribution in [1.29, 1.82) is 0 Å². The number of thiazole rings is 1. The van der Waals surface area contributed by atoms with E-state index < -0.39 is 0 Å². The van der Waals surface area contributed by atoms with Crippen LogP contribution >= 0.6 is 11.3 Å². The zero-order valence-electron chi connectivity index (χ0n) is 15.5. The van der Waals surface area contributed by atoms with Crippen molar-refractivity contribution >= 4 is 28.6 Å². The molecule has 1 N–H and O–H groups in total. The van der Waals surface area contributed by atoms with Crippen LogP contribution in [0.1, 0.15) is 25.5 Å². The Labute approximate surface area is 162 Å². The Bertz CT molecular complexity index is 1080. The van der Waals surface area contributed by atoms with Crippen LogP contribution in [0.15, 0.2) is 52.8 Å². The first kappa shape index (κ1) is 17.5. The maximum Gasteiger partial charge on any atom is 0.262 e. The van der Waals surface area contributed by atoms with Crippen LogP contribution in [0.25, 0.3) is 11.3 Å². The van der Waals surface area contributed by atoms with Crippen LogP contribution in [0.3, 0.4) is 0 Å². The Morgan fingerprint density at radius 1 is 1.22 bits per heavy atom. The molecule has 27 heavy (non-hydrogen) atoms. The van der Waals surface area contributed by atoms with Crippen molar-refractivity contribution in [3.63, 3.8) is 0 Å². The molecule has 0 bridgehead atoms. The number of hydrogen-bond donors (Lipinski definition) is 1. The van der Waals surface area contributed by atoms with Gasteiger partial charge in [0.25, 0.3) is 5.91 Å². The van der Waals surface area contributed by atoms with Gasteiger partial charge in [-0.15, -0.1) is 11.3 Å². The van der Waals surface area contributed by atoms with Crippen molar-refractivity contribution in [1.82, 2.24) is 4.57 Å². The smallest absolute Gasteiger partial charge is 0.262 e. The highest BCUT2D eigenvalue weighted by Crippen LogP contribution is 2.33. The highest BCUT2D eigenvalue weighted by molar-refractivity contribution is 7.07. The minimum absolute atomic E-state index is 0.0658. The average Bonchev–Trinajstić information content (AvgIpc) is 3.05. The summed E-state index contributed by atoms with van der Waals surface area (Å²) in [5.74, 6) is 0.575. The molecule has 138 valence electrons. The number of aromatic nitrogens is 1. The molecule has 6 heteroatoms. The lowest BCUT2D eigenvalue weighted by Gasteiger charge is -2.19. The van der Waals surface area contributed by atoms with E-state index in [0.717, 1.165) is 21.7 Å². The number of ether oxygens (including phenoxy) is 1. The highest BCUT2D eigenvalue weighted by Gasteiger charge is 2.18. The highest BCUT2D eigenvalue weighted by atomic mass is 32.1. The first-order valence-electron chi connectivity index (χ1n) is 8.90. The van der Waals surface area contributed by atoms with E-state index in [0.29, 0.717) is 11.4 Å². The zero-order valence-corrected chi connectivity index (χ0v) is 16.3. The summed E-state index contributed by atoms with van der Waals surface area (Å²) >= 11 is 1.62. The molecule has 1 amide bonds. The van der Waals surface area contributed by atoms with Crippen LogP contribution in [-0.4, -0.2) is 17.1 Å². The Balaban J connectivity index is 1.82. The molecule has 0 saturated carbocycles. The summed E-state index contributed by atoms with van der Waals surface area (Å²) in [5, 5.41) is 4.99. The van der Waals surface area contributed by atoms with Gasteiger partial charge in [0.05, 0.1) is 17.1 Å². The van der Waals surface area contributed by atoms with Gasteiger partial charge in [-0.25, -0.2) is 4.99 Å². The molecule has 0 unspecified atom stereocenters. The number of fused-ring (bicyclic) bond motifs is 1. The summed E-state index contributed by atoms with van der Waals surface area (Å²) in [5.41, 5.74) is 4.94. The van der Waals surface area contributed by atoms with E-state index in [1.165, 1.54) is 5.56 Å². The maximum absolute atomic E-state index is 11.6. The Kier molecular flexibility index (Phi) is 4.58. The number of aryl methyl sites for hydroxylation is 1. The third kappa shape index (κ3) is 3.53. The van der Waals surface area contributed by atoms with Crippen molar-refractivity contribution in [2.24, 2.45) is 4.99 Å². The lowest BCUT2D eigenvalue weighted by atomic mass is 10.1. The van der Waals surface area contributed by atoms with Crippen LogP contribution in [0, 0.1) is 6.92 Å². The van der Waals surface area contributed by atoms with Crippen molar-refractivity contribution in [3.8, 4) is 17.0 Å². The number of benzene rings is 2. The number of anilines is 1. The number of hydrogen-bond acceptors (Lipinski definition) is 4. The van der Waals surface area contributed by atoms with Gasteiger partial charge in [0.15, 0.2) is 11.4 Å². The number of nitrogens with zero attached hydrogens (tertiary/aromatic N) is 2. The van der Waals surface area contributed by atoms with Gasteiger partial charge in [-0.05, 0) is 56.7 Å². The largest absolute Gasteiger partial charge is 0.482 e. The first-order valence-corrected chi connectivity index (χ1v) is 9.78. The van der Waals surface area contributed by atoms with Gasteiger partial charge in [-0.1, -0.05) is 12.1 Å². The number of rotatable bonds is 3. The van der Waals surface area contributed by atoms with E-state index in [9.17, 15) is 4.79 Å². The fourth-order valence-corrected chi connectivity index (χ4v) is 4.21. The summed E-state index contributed by atoms with van der Waals surface area (Å²) in [6, 6.07) is 14.3. The molecule has 0 aliphatic carbocycles. The summed E-state index contributed by atoms with van der Waals surface area (Å²) < 4.78 is 7.69. The van der Waals surface area contributed by atoms with Crippen LogP contribution < -0.4 is 14.9 Å². The Morgan fingerprint density at radius 2 is 2.07 bits per heavy atom. The van der Waals surface area contributed by atoms with Crippen LogP contribution in [0.4, 0.5) is 11.4 Å². The maximum atomic E-state index is 11.6. The third-order valence-corrected chi connectivity index (χ3v) is 5.23. The molecule has 2 aromatic carbocycles. The second kappa shape index (κ2) is 7.04. The van der Waals surface area contributed by atoms with E-state index in [2.05, 4.69) is 48.2 Å². The normalized spacial score (nSPS) is 14.1. The fourth-order valence-electron chi connectivity index (χ4n) is 3.16. The van der Waals surface area contributed by atoms with Crippen molar-refractivity contribution in [3.05, 3.63) is 58.2 Å². The zero-order chi connectivity index (χ0) is 19.0.